The van der Waals surface area contributed by atoms with Crippen molar-refractivity contribution in [2.24, 2.45) is 12.8 Å². The molecule has 7 heteroatoms. The number of benzene rings is 1. The lowest BCUT2D eigenvalue weighted by Gasteiger charge is -2.05. The lowest BCUT2D eigenvalue weighted by Crippen LogP contribution is -2.19. The lowest BCUT2D eigenvalue weighted by molar-refractivity contribution is -0.111. The Morgan fingerprint density at radius 1 is 1.22 bits per heavy atom. The zero-order chi connectivity index (χ0) is 17.0. The van der Waals surface area contributed by atoms with Gasteiger partial charge in [-0.05, 0) is 38.1 Å². The predicted molar refractivity (Wildman–Crippen MR) is 90.0 cm³/mol. The average Bonchev–Trinajstić information content (AvgIpc) is 2.70. The van der Waals surface area contributed by atoms with Crippen LogP contribution in [0.2, 0.25) is 0 Å². The van der Waals surface area contributed by atoms with Crippen LogP contribution in [-0.4, -0.2) is 21.7 Å². The molecule has 0 saturated carbocycles. The van der Waals surface area contributed by atoms with E-state index in [0.29, 0.717) is 11.4 Å². The number of nitrogens with one attached hydrogen (secondary N) is 2. The Hall–Kier alpha value is -3.09. The Morgan fingerprint density at radius 3 is 2.43 bits per heavy atom. The molecule has 1 aromatic carbocycles. The van der Waals surface area contributed by atoms with Crippen molar-refractivity contribution in [2.45, 2.75) is 13.8 Å². The second kappa shape index (κ2) is 6.78. The summed E-state index contributed by atoms with van der Waals surface area (Å²) in [4.78, 5) is 22.8. The topological polar surface area (TPSA) is 102 Å². The predicted octanol–water partition coefficient (Wildman–Crippen LogP) is 2.18. The fourth-order valence-corrected chi connectivity index (χ4v) is 2.19. The van der Waals surface area contributed by atoms with Crippen LogP contribution in [0.1, 0.15) is 17.0 Å². The van der Waals surface area contributed by atoms with Gasteiger partial charge in [-0.15, -0.1) is 0 Å². The number of urea groups is 1. The summed E-state index contributed by atoms with van der Waals surface area (Å²) in [6.45, 7) is 3.83. The fraction of sp³-hybridized carbons (Fsp3) is 0.188. The maximum Gasteiger partial charge on any atom is 0.316 e. The highest BCUT2D eigenvalue weighted by Crippen LogP contribution is 2.16. The summed E-state index contributed by atoms with van der Waals surface area (Å²) < 4.78 is 1.77. The van der Waals surface area contributed by atoms with E-state index in [1.807, 2.05) is 20.9 Å². The van der Waals surface area contributed by atoms with E-state index in [1.165, 1.54) is 6.08 Å². The first-order chi connectivity index (χ1) is 10.9. The Kier molecular flexibility index (Phi) is 4.80. The number of rotatable bonds is 4. The first kappa shape index (κ1) is 16.3. The van der Waals surface area contributed by atoms with Crippen molar-refractivity contribution in [1.29, 1.82) is 0 Å². The molecule has 0 aliphatic carbocycles. The van der Waals surface area contributed by atoms with E-state index in [4.69, 9.17) is 5.73 Å². The van der Waals surface area contributed by atoms with Crippen LogP contribution in [0.4, 0.5) is 16.2 Å². The van der Waals surface area contributed by atoms with Gasteiger partial charge in [0.1, 0.15) is 0 Å². The number of hydrogen-bond acceptors (Lipinski definition) is 3. The Labute approximate surface area is 134 Å². The van der Waals surface area contributed by atoms with Gasteiger partial charge in [0, 0.05) is 35.8 Å². The number of aryl methyl sites for hydroxylation is 2. The monoisotopic (exact) mass is 313 g/mol. The van der Waals surface area contributed by atoms with Gasteiger partial charge in [0.25, 0.3) is 0 Å². The molecule has 0 radical (unpaired) electrons. The van der Waals surface area contributed by atoms with Crippen molar-refractivity contribution in [3.63, 3.8) is 0 Å². The third-order valence-electron chi connectivity index (χ3n) is 3.36. The van der Waals surface area contributed by atoms with E-state index in [2.05, 4.69) is 15.7 Å². The lowest BCUT2D eigenvalue weighted by atomic mass is 10.2. The van der Waals surface area contributed by atoms with E-state index in [-0.39, 0.29) is 5.91 Å². The molecule has 23 heavy (non-hydrogen) atoms. The van der Waals surface area contributed by atoms with Crippen LogP contribution in [0.15, 0.2) is 30.3 Å². The summed E-state index contributed by atoms with van der Waals surface area (Å²) in [6, 6.07) is 6.07. The van der Waals surface area contributed by atoms with Gasteiger partial charge >= 0.3 is 6.03 Å². The average molecular weight is 313 g/mol. The summed E-state index contributed by atoms with van der Waals surface area (Å²) in [7, 11) is 1.86. The van der Waals surface area contributed by atoms with E-state index in [1.54, 1.807) is 35.0 Å². The maximum atomic E-state index is 12.0. The quantitative estimate of drug-likeness (QED) is 0.754. The molecule has 0 aliphatic rings. The van der Waals surface area contributed by atoms with Gasteiger partial charge < -0.3 is 16.4 Å². The second-order valence-electron chi connectivity index (χ2n) is 5.10. The molecule has 0 spiro atoms. The van der Waals surface area contributed by atoms with Gasteiger partial charge in [0.15, 0.2) is 0 Å². The van der Waals surface area contributed by atoms with Gasteiger partial charge in [-0.25, -0.2) is 4.79 Å². The highest BCUT2D eigenvalue weighted by atomic mass is 16.2. The molecule has 3 amide bonds. The highest BCUT2D eigenvalue weighted by Gasteiger charge is 2.07. The molecule has 0 fully saturated rings. The number of carbonyl (C=O) groups excluding carboxylic acids is 2. The molecule has 2 rings (SSSR count). The van der Waals surface area contributed by atoms with Crippen LogP contribution in [0.3, 0.4) is 0 Å². The highest BCUT2D eigenvalue weighted by molar-refractivity contribution is 6.02. The Balaban J connectivity index is 2.07. The van der Waals surface area contributed by atoms with Gasteiger partial charge in [-0.3, -0.25) is 9.48 Å². The number of primary amides is 1. The van der Waals surface area contributed by atoms with Crippen molar-refractivity contribution in [3.8, 4) is 0 Å². The van der Waals surface area contributed by atoms with Crippen LogP contribution in [0.25, 0.3) is 6.08 Å². The van der Waals surface area contributed by atoms with Crippen molar-refractivity contribution in [2.75, 3.05) is 10.6 Å². The van der Waals surface area contributed by atoms with Crippen molar-refractivity contribution in [1.82, 2.24) is 9.78 Å². The summed E-state index contributed by atoms with van der Waals surface area (Å²) in [6.07, 6.45) is 3.18. The van der Waals surface area contributed by atoms with Crippen LogP contribution >= 0.6 is 0 Å². The minimum atomic E-state index is -0.657. The standard InChI is InChI=1S/C16H19N5O2/c1-10-14(11(2)21(3)20-10)7-8-15(22)18-12-5-4-6-13(9-12)19-16(17)23/h4-9H,1-3H3,(H,18,22)(H3,17,19,23)/b8-7+. The summed E-state index contributed by atoms with van der Waals surface area (Å²) in [5.41, 5.74) is 8.91. The van der Waals surface area contributed by atoms with Crippen LogP contribution in [0, 0.1) is 13.8 Å². The molecule has 4 N–H and O–H groups in total. The zero-order valence-corrected chi connectivity index (χ0v) is 13.3. The number of nitrogens with two attached hydrogens (primary N) is 1. The number of anilines is 2. The van der Waals surface area contributed by atoms with Gasteiger partial charge in [-0.2, -0.15) is 5.10 Å². The third-order valence-corrected chi connectivity index (χ3v) is 3.36. The molecule has 120 valence electrons. The molecule has 0 bridgehead atoms. The van der Waals surface area contributed by atoms with E-state index in [0.717, 1.165) is 17.0 Å². The van der Waals surface area contributed by atoms with E-state index < -0.39 is 6.03 Å². The summed E-state index contributed by atoms with van der Waals surface area (Å²) >= 11 is 0. The SMILES string of the molecule is Cc1nn(C)c(C)c1/C=C/C(=O)Nc1cccc(NC(N)=O)c1. The fourth-order valence-electron chi connectivity index (χ4n) is 2.19. The number of aromatic nitrogens is 2. The molecule has 7 nitrogen and oxygen atoms in total. The molecule has 1 aromatic heterocycles. The molecule has 0 atom stereocenters. The minimum Gasteiger partial charge on any atom is -0.351 e. The van der Waals surface area contributed by atoms with E-state index in [9.17, 15) is 9.59 Å². The Bertz CT molecular complexity index is 777. The smallest absolute Gasteiger partial charge is 0.316 e. The third kappa shape index (κ3) is 4.19. The van der Waals surface area contributed by atoms with Crippen LogP contribution in [-0.2, 0) is 11.8 Å². The van der Waals surface area contributed by atoms with Gasteiger partial charge in [0.2, 0.25) is 5.91 Å². The molecule has 0 saturated heterocycles. The molecule has 0 unspecified atom stereocenters. The first-order valence-corrected chi connectivity index (χ1v) is 7.02. The van der Waals surface area contributed by atoms with Crippen LogP contribution < -0.4 is 16.4 Å². The molecular formula is C16H19N5O2. The Morgan fingerprint density at radius 2 is 1.87 bits per heavy atom. The molecule has 1 heterocycles. The summed E-state index contributed by atoms with van der Waals surface area (Å²) in [5.74, 6) is -0.274. The van der Waals surface area contributed by atoms with E-state index >= 15 is 0 Å². The first-order valence-electron chi connectivity index (χ1n) is 7.02. The van der Waals surface area contributed by atoms with Gasteiger partial charge in [-0.1, -0.05) is 6.07 Å². The number of carbonyl (C=O) groups is 2. The molecular weight excluding hydrogens is 294 g/mol. The molecule has 2 aromatic rings. The van der Waals surface area contributed by atoms with Gasteiger partial charge in [0.05, 0.1) is 5.69 Å². The number of hydrogen-bond donors (Lipinski definition) is 3. The summed E-state index contributed by atoms with van der Waals surface area (Å²) in [5, 5.41) is 9.47. The number of nitrogens with zero attached hydrogens (tertiary/aromatic N) is 2. The minimum absolute atomic E-state index is 0.274. The second-order valence-corrected chi connectivity index (χ2v) is 5.10. The van der Waals surface area contributed by atoms with Crippen molar-refractivity contribution < 1.29 is 9.59 Å². The largest absolute Gasteiger partial charge is 0.351 e. The zero-order valence-electron chi connectivity index (χ0n) is 13.3. The maximum absolute atomic E-state index is 12.0. The van der Waals surface area contributed by atoms with Crippen molar-refractivity contribution >= 4 is 29.4 Å². The molecule has 0 aliphatic heterocycles. The number of amides is 3. The van der Waals surface area contributed by atoms with Crippen molar-refractivity contribution in [3.05, 3.63) is 47.3 Å². The normalized spacial score (nSPS) is 10.7. The van der Waals surface area contributed by atoms with Crippen LogP contribution in [0.5, 0.6) is 0 Å².